The first-order chi connectivity index (χ1) is 9.65. The first-order valence-corrected chi connectivity index (χ1v) is 6.56. The molecule has 0 fully saturated rings. The van der Waals surface area contributed by atoms with Gasteiger partial charge in [-0.25, -0.2) is 0 Å². The summed E-state index contributed by atoms with van der Waals surface area (Å²) in [5, 5.41) is 14.1. The first kappa shape index (κ1) is 14.4. The van der Waals surface area contributed by atoms with E-state index in [2.05, 4.69) is 20.8 Å². The normalized spacial score (nSPS) is 10.3. The van der Waals surface area contributed by atoms with Gasteiger partial charge in [-0.15, -0.1) is 0 Å². The number of aryl methyl sites for hydroxylation is 1. The molecule has 0 saturated heterocycles. The monoisotopic (exact) mass is 290 g/mol. The maximum Gasteiger partial charge on any atom is 0.238 e. The van der Waals surface area contributed by atoms with Crippen LogP contribution in [-0.2, 0) is 11.3 Å². The smallest absolute Gasteiger partial charge is 0.238 e. The van der Waals surface area contributed by atoms with Crippen LogP contribution < -0.4 is 10.6 Å². The Labute approximate surface area is 122 Å². The minimum absolute atomic E-state index is 0.126. The predicted molar refractivity (Wildman–Crippen MR) is 78.6 cm³/mol. The summed E-state index contributed by atoms with van der Waals surface area (Å²) in [7, 11) is 0. The Bertz CT molecular complexity index is 589. The molecule has 0 aliphatic rings. The Balaban J connectivity index is 1.82. The van der Waals surface area contributed by atoms with E-state index < -0.39 is 0 Å². The van der Waals surface area contributed by atoms with E-state index in [4.69, 9.17) is 11.6 Å². The third-order valence-corrected chi connectivity index (χ3v) is 2.93. The molecule has 1 aromatic heterocycles. The zero-order valence-corrected chi connectivity index (χ0v) is 11.8. The predicted octanol–water partition coefficient (Wildman–Crippen LogP) is 2.17. The summed E-state index contributed by atoms with van der Waals surface area (Å²) in [6, 6.07) is 9.04. The molecule has 0 aliphatic heterocycles. The molecule has 1 aromatic carbocycles. The van der Waals surface area contributed by atoms with Crippen LogP contribution in [0.4, 0.5) is 5.69 Å². The maximum absolute atomic E-state index is 11.8. The van der Waals surface area contributed by atoms with Gasteiger partial charge in [0, 0.05) is 23.5 Å². The van der Waals surface area contributed by atoms with Crippen molar-refractivity contribution in [2.75, 3.05) is 11.9 Å². The molecule has 0 spiro atoms. The van der Waals surface area contributed by atoms with Crippen LogP contribution in [0.25, 0.3) is 0 Å². The molecule has 0 atom stereocenters. The Morgan fingerprint density at radius 3 is 2.95 bits per heavy atom. The number of amides is 1. The van der Waals surface area contributed by atoms with Crippen molar-refractivity contribution < 1.29 is 4.79 Å². The summed E-state index contributed by atoms with van der Waals surface area (Å²) >= 11 is 5.90. The summed E-state index contributed by atoms with van der Waals surface area (Å²) < 4.78 is 0. The molecule has 0 saturated carbocycles. The van der Waals surface area contributed by atoms with Crippen LogP contribution in [0, 0.1) is 6.92 Å². The number of anilines is 1. The van der Waals surface area contributed by atoms with Crippen LogP contribution in [0.1, 0.15) is 11.3 Å². The van der Waals surface area contributed by atoms with Crippen molar-refractivity contribution in [1.29, 1.82) is 0 Å². The fraction of sp³-hybridized carbons (Fsp3) is 0.214. The number of benzene rings is 1. The zero-order chi connectivity index (χ0) is 14.4. The van der Waals surface area contributed by atoms with Gasteiger partial charge < -0.3 is 10.6 Å². The first-order valence-electron chi connectivity index (χ1n) is 6.18. The van der Waals surface area contributed by atoms with E-state index in [0.29, 0.717) is 11.6 Å². The van der Waals surface area contributed by atoms with Gasteiger partial charge in [0.15, 0.2) is 0 Å². The number of hydrogen-bond acceptors (Lipinski definition) is 4. The fourth-order valence-corrected chi connectivity index (χ4v) is 1.83. The number of nitrogens with zero attached hydrogens (tertiary/aromatic N) is 2. The Morgan fingerprint density at radius 1 is 1.35 bits per heavy atom. The van der Waals surface area contributed by atoms with E-state index in [-0.39, 0.29) is 12.5 Å². The molecule has 2 rings (SSSR count). The van der Waals surface area contributed by atoms with Crippen molar-refractivity contribution in [3.8, 4) is 0 Å². The lowest BCUT2D eigenvalue weighted by Gasteiger charge is -2.09. The average Bonchev–Trinajstić information content (AvgIpc) is 2.44. The molecule has 2 N–H and O–H groups in total. The summed E-state index contributed by atoms with van der Waals surface area (Å²) in [4.78, 5) is 11.8. The molecule has 20 heavy (non-hydrogen) atoms. The third-order valence-electron chi connectivity index (χ3n) is 2.69. The van der Waals surface area contributed by atoms with Gasteiger partial charge in [0.25, 0.3) is 0 Å². The van der Waals surface area contributed by atoms with Crippen LogP contribution in [0.2, 0.25) is 5.02 Å². The fourth-order valence-electron chi connectivity index (χ4n) is 1.66. The SMILES string of the molecule is Cc1ccc(Cl)cc1NC(=O)CNCc1cccnn1. The van der Waals surface area contributed by atoms with Gasteiger partial charge in [-0.05, 0) is 36.8 Å². The number of hydrogen-bond donors (Lipinski definition) is 2. The lowest BCUT2D eigenvalue weighted by atomic mass is 10.2. The average molecular weight is 291 g/mol. The molecule has 1 amide bonds. The lowest BCUT2D eigenvalue weighted by molar-refractivity contribution is -0.115. The number of nitrogens with one attached hydrogen (secondary N) is 2. The van der Waals surface area contributed by atoms with Gasteiger partial charge in [0.1, 0.15) is 0 Å². The maximum atomic E-state index is 11.8. The van der Waals surface area contributed by atoms with Gasteiger partial charge in [-0.1, -0.05) is 17.7 Å². The molecule has 0 bridgehead atoms. The molecular weight excluding hydrogens is 276 g/mol. The van der Waals surface area contributed by atoms with E-state index in [1.54, 1.807) is 24.4 Å². The highest BCUT2D eigenvalue weighted by atomic mass is 35.5. The zero-order valence-electron chi connectivity index (χ0n) is 11.1. The molecule has 0 unspecified atom stereocenters. The van der Waals surface area contributed by atoms with Crippen LogP contribution in [0.15, 0.2) is 36.5 Å². The lowest BCUT2D eigenvalue weighted by Crippen LogP contribution is -2.28. The standard InChI is InChI=1S/C14H15ClN4O/c1-10-4-5-11(15)7-13(10)18-14(20)9-16-8-12-3-2-6-17-19-12/h2-7,16H,8-9H2,1H3,(H,18,20). The van der Waals surface area contributed by atoms with Crippen molar-refractivity contribution in [1.82, 2.24) is 15.5 Å². The van der Waals surface area contributed by atoms with Gasteiger partial charge in [-0.3, -0.25) is 4.79 Å². The molecule has 1 heterocycles. The van der Waals surface area contributed by atoms with Gasteiger partial charge >= 0.3 is 0 Å². The minimum Gasteiger partial charge on any atom is -0.325 e. The minimum atomic E-state index is -0.126. The molecule has 104 valence electrons. The second-order valence-corrected chi connectivity index (χ2v) is 4.76. The van der Waals surface area contributed by atoms with E-state index in [1.807, 2.05) is 19.1 Å². The van der Waals surface area contributed by atoms with Crippen LogP contribution >= 0.6 is 11.6 Å². The summed E-state index contributed by atoms with van der Waals surface area (Å²) in [6.07, 6.45) is 1.61. The van der Waals surface area contributed by atoms with E-state index in [0.717, 1.165) is 16.9 Å². The number of carbonyl (C=O) groups excluding carboxylic acids is 1. The number of rotatable bonds is 5. The second-order valence-electron chi connectivity index (χ2n) is 4.33. The quantitative estimate of drug-likeness (QED) is 0.885. The van der Waals surface area contributed by atoms with Crippen LogP contribution in [0.5, 0.6) is 0 Å². The van der Waals surface area contributed by atoms with Crippen LogP contribution in [0.3, 0.4) is 0 Å². The third kappa shape index (κ3) is 4.29. The molecule has 2 aromatic rings. The highest BCUT2D eigenvalue weighted by Crippen LogP contribution is 2.19. The van der Waals surface area contributed by atoms with Gasteiger partial charge in [0.05, 0.1) is 12.2 Å². The summed E-state index contributed by atoms with van der Waals surface area (Å²) in [5.74, 6) is -0.126. The van der Waals surface area contributed by atoms with Crippen molar-refractivity contribution >= 4 is 23.2 Å². The van der Waals surface area contributed by atoms with E-state index in [9.17, 15) is 4.79 Å². The van der Waals surface area contributed by atoms with Crippen LogP contribution in [-0.4, -0.2) is 22.6 Å². The number of aromatic nitrogens is 2. The summed E-state index contributed by atoms with van der Waals surface area (Å²) in [6.45, 7) is 2.61. The van der Waals surface area contributed by atoms with Crippen molar-refractivity contribution in [2.45, 2.75) is 13.5 Å². The van der Waals surface area contributed by atoms with E-state index >= 15 is 0 Å². The Hall–Kier alpha value is -1.98. The van der Waals surface area contributed by atoms with E-state index in [1.165, 1.54) is 0 Å². The highest BCUT2D eigenvalue weighted by Gasteiger charge is 2.05. The molecule has 0 radical (unpaired) electrons. The molecular formula is C14H15ClN4O. The Morgan fingerprint density at radius 2 is 2.20 bits per heavy atom. The molecule has 5 nitrogen and oxygen atoms in total. The number of carbonyl (C=O) groups is 1. The van der Waals surface area contributed by atoms with Gasteiger partial charge in [-0.2, -0.15) is 10.2 Å². The van der Waals surface area contributed by atoms with Crippen molar-refractivity contribution in [2.24, 2.45) is 0 Å². The number of halogens is 1. The van der Waals surface area contributed by atoms with Gasteiger partial charge in [0.2, 0.25) is 5.91 Å². The van der Waals surface area contributed by atoms with Crippen molar-refractivity contribution in [3.05, 3.63) is 52.8 Å². The Kier molecular flexibility index (Phi) is 5.03. The van der Waals surface area contributed by atoms with Crippen molar-refractivity contribution in [3.63, 3.8) is 0 Å². The largest absolute Gasteiger partial charge is 0.325 e. The summed E-state index contributed by atoms with van der Waals surface area (Å²) in [5.41, 5.74) is 2.49. The highest BCUT2D eigenvalue weighted by molar-refractivity contribution is 6.31. The topological polar surface area (TPSA) is 66.9 Å². The molecule has 6 heteroatoms. The second kappa shape index (κ2) is 6.98. The molecule has 0 aliphatic carbocycles.